The molecule has 0 saturated heterocycles. The van der Waals surface area contributed by atoms with Gasteiger partial charge in [0.25, 0.3) is 0 Å². The Balaban J connectivity index is 1.98. The standard InChI is InChI=1S/C16H12ClNO/c1-11-10-18-16(17)9-15(11)19-14-7-6-12-4-2-3-5-13(12)8-14/h2-10H,1H3. The van der Waals surface area contributed by atoms with Crippen LogP contribution in [0.5, 0.6) is 11.5 Å². The number of hydrogen-bond donors (Lipinski definition) is 0. The Hall–Kier alpha value is -2.06. The van der Waals surface area contributed by atoms with E-state index in [0.717, 1.165) is 22.4 Å². The van der Waals surface area contributed by atoms with Gasteiger partial charge in [-0.05, 0) is 29.8 Å². The molecule has 0 amide bonds. The Morgan fingerprint density at radius 3 is 2.63 bits per heavy atom. The largest absolute Gasteiger partial charge is 0.457 e. The van der Waals surface area contributed by atoms with E-state index in [1.54, 1.807) is 12.3 Å². The molecule has 1 aromatic heterocycles. The third kappa shape index (κ3) is 2.54. The van der Waals surface area contributed by atoms with Gasteiger partial charge in [0.1, 0.15) is 16.7 Å². The molecule has 0 aliphatic heterocycles. The van der Waals surface area contributed by atoms with Gasteiger partial charge in [-0.3, -0.25) is 0 Å². The van der Waals surface area contributed by atoms with Crippen LogP contribution >= 0.6 is 11.6 Å². The van der Waals surface area contributed by atoms with Gasteiger partial charge in [-0.1, -0.05) is 41.9 Å². The number of hydrogen-bond acceptors (Lipinski definition) is 2. The number of nitrogens with zero attached hydrogens (tertiary/aromatic N) is 1. The van der Waals surface area contributed by atoms with Crippen LogP contribution in [0.1, 0.15) is 5.56 Å². The maximum absolute atomic E-state index is 5.89. The van der Waals surface area contributed by atoms with Crippen LogP contribution in [0.25, 0.3) is 10.8 Å². The highest BCUT2D eigenvalue weighted by Gasteiger charge is 2.04. The summed E-state index contributed by atoms with van der Waals surface area (Å²) in [7, 11) is 0. The van der Waals surface area contributed by atoms with Crippen LogP contribution in [0.4, 0.5) is 0 Å². The van der Waals surface area contributed by atoms with E-state index in [2.05, 4.69) is 17.1 Å². The van der Waals surface area contributed by atoms with Crippen molar-refractivity contribution in [1.82, 2.24) is 4.98 Å². The van der Waals surface area contributed by atoms with E-state index in [1.165, 1.54) is 5.39 Å². The van der Waals surface area contributed by atoms with E-state index in [1.807, 2.05) is 37.3 Å². The number of pyridine rings is 1. The van der Waals surface area contributed by atoms with Gasteiger partial charge in [0.05, 0.1) is 0 Å². The van der Waals surface area contributed by atoms with Gasteiger partial charge in [-0.25, -0.2) is 4.98 Å². The zero-order valence-corrected chi connectivity index (χ0v) is 11.2. The average Bonchev–Trinajstić information content (AvgIpc) is 2.43. The minimum atomic E-state index is 0.432. The van der Waals surface area contributed by atoms with Gasteiger partial charge < -0.3 is 4.74 Å². The third-order valence-corrected chi connectivity index (χ3v) is 3.18. The molecule has 2 aromatic carbocycles. The molecule has 3 heteroatoms. The van der Waals surface area contributed by atoms with Crippen LogP contribution in [-0.4, -0.2) is 4.98 Å². The number of halogens is 1. The van der Waals surface area contributed by atoms with Gasteiger partial charge in [0.2, 0.25) is 0 Å². The summed E-state index contributed by atoms with van der Waals surface area (Å²) in [4.78, 5) is 4.02. The summed E-state index contributed by atoms with van der Waals surface area (Å²) in [5.74, 6) is 1.53. The molecule has 0 bridgehead atoms. The summed E-state index contributed by atoms with van der Waals surface area (Å²) >= 11 is 5.89. The van der Waals surface area contributed by atoms with Crippen LogP contribution in [0, 0.1) is 6.92 Å². The summed E-state index contributed by atoms with van der Waals surface area (Å²) in [6.45, 7) is 1.94. The molecule has 0 atom stereocenters. The molecule has 0 saturated carbocycles. The Morgan fingerprint density at radius 1 is 1.00 bits per heavy atom. The van der Waals surface area contributed by atoms with Crippen LogP contribution in [0.3, 0.4) is 0 Å². The van der Waals surface area contributed by atoms with Gasteiger partial charge in [-0.2, -0.15) is 0 Å². The van der Waals surface area contributed by atoms with Gasteiger partial charge in [0.15, 0.2) is 0 Å². The lowest BCUT2D eigenvalue weighted by molar-refractivity contribution is 0.479. The van der Waals surface area contributed by atoms with Crippen LogP contribution in [-0.2, 0) is 0 Å². The summed E-state index contributed by atoms with van der Waals surface area (Å²) in [5, 5.41) is 2.78. The first-order valence-electron chi connectivity index (χ1n) is 6.01. The number of aryl methyl sites for hydroxylation is 1. The van der Waals surface area contributed by atoms with E-state index in [-0.39, 0.29) is 0 Å². The monoisotopic (exact) mass is 269 g/mol. The summed E-state index contributed by atoms with van der Waals surface area (Å²) in [6.07, 6.45) is 1.71. The van der Waals surface area contributed by atoms with Crippen LogP contribution in [0.2, 0.25) is 5.15 Å². The van der Waals surface area contributed by atoms with Crippen molar-refractivity contribution in [3.05, 3.63) is 65.4 Å². The molecule has 0 N–H and O–H groups in total. The molecule has 0 aliphatic rings. The van der Waals surface area contributed by atoms with Gasteiger partial charge in [0, 0.05) is 17.8 Å². The number of ether oxygens (including phenoxy) is 1. The van der Waals surface area contributed by atoms with Crippen molar-refractivity contribution in [2.24, 2.45) is 0 Å². The first kappa shape index (κ1) is 12.0. The number of fused-ring (bicyclic) bond motifs is 1. The number of rotatable bonds is 2. The van der Waals surface area contributed by atoms with E-state index in [4.69, 9.17) is 16.3 Å². The van der Waals surface area contributed by atoms with Crippen LogP contribution < -0.4 is 4.74 Å². The predicted molar refractivity (Wildman–Crippen MR) is 78.0 cm³/mol. The molecule has 1 heterocycles. The number of benzene rings is 2. The fraction of sp³-hybridized carbons (Fsp3) is 0.0625. The zero-order chi connectivity index (χ0) is 13.2. The second-order valence-electron chi connectivity index (χ2n) is 4.38. The van der Waals surface area contributed by atoms with Crippen molar-refractivity contribution in [2.75, 3.05) is 0 Å². The fourth-order valence-electron chi connectivity index (χ4n) is 1.95. The van der Waals surface area contributed by atoms with Crippen molar-refractivity contribution in [3.63, 3.8) is 0 Å². The highest BCUT2D eigenvalue weighted by atomic mass is 35.5. The normalized spacial score (nSPS) is 10.6. The van der Waals surface area contributed by atoms with Crippen molar-refractivity contribution >= 4 is 22.4 Å². The lowest BCUT2D eigenvalue weighted by Gasteiger charge is -2.09. The second kappa shape index (κ2) is 4.90. The highest BCUT2D eigenvalue weighted by molar-refractivity contribution is 6.29. The molecule has 0 fully saturated rings. The molecule has 94 valence electrons. The van der Waals surface area contributed by atoms with E-state index in [0.29, 0.717) is 5.15 Å². The first-order valence-corrected chi connectivity index (χ1v) is 6.39. The summed E-state index contributed by atoms with van der Waals surface area (Å²) in [5.41, 5.74) is 0.956. The molecule has 0 spiro atoms. The van der Waals surface area contributed by atoms with E-state index in [9.17, 15) is 0 Å². The molecule has 0 aliphatic carbocycles. The summed E-state index contributed by atoms with van der Waals surface area (Å²) in [6, 6.07) is 15.9. The lowest BCUT2D eigenvalue weighted by Crippen LogP contribution is -1.89. The first-order chi connectivity index (χ1) is 9.22. The van der Waals surface area contributed by atoms with Gasteiger partial charge in [-0.15, -0.1) is 0 Å². The van der Waals surface area contributed by atoms with Crippen molar-refractivity contribution in [3.8, 4) is 11.5 Å². The topological polar surface area (TPSA) is 22.1 Å². The zero-order valence-electron chi connectivity index (χ0n) is 10.4. The maximum atomic E-state index is 5.89. The van der Waals surface area contributed by atoms with Crippen LogP contribution in [0.15, 0.2) is 54.7 Å². The molecular formula is C16H12ClNO. The number of aromatic nitrogens is 1. The molecular weight excluding hydrogens is 258 g/mol. The molecule has 0 unspecified atom stereocenters. The van der Waals surface area contributed by atoms with Crippen molar-refractivity contribution < 1.29 is 4.74 Å². The predicted octanol–water partition coefficient (Wildman–Crippen LogP) is 4.99. The minimum Gasteiger partial charge on any atom is -0.457 e. The van der Waals surface area contributed by atoms with Gasteiger partial charge >= 0.3 is 0 Å². The van der Waals surface area contributed by atoms with E-state index < -0.39 is 0 Å². The molecule has 0 radical (unpaired) electrons. The molecule has 3 rings (SSSR count). The molecule has 3 aromatic rings. The van der Waals surface area contributed by atoms with E-state index >= 15 is 0 Å². The quantitative estimate of drug-likeness (QED) is 0.612. The smallest absolute Gasteiger partial charge is 0.134 e. The fourth-order valence-corrected chi connectivity index (χ4v) is 2.10. The summed E-state index contributed by atoms with van der Waals surface area (Å²) < 4.78 is 5.87. The SMILES string of the molecule is Cc1cnc(Cl)cc1Oc1ccc2ccccc2c1. The average molecular weight is 270 g/mol. The molecule has 19 heavy (non-hydrogen) atoms. The third-order valence-electron chi connectivity index (χ3n) is 2.97. The molecule has 2 nitrogen and oxygen atoms in total. The highest BCUT2D eigenvalue weighted by Crippen LogP contribution is 2.28. The van der Waals surface area contributed by atoms with Crippen molar-refractivity contribution in [2.45, 2.75) is 6.92 Å². The lowest BCUT2D eigenvalue weighted by atomic mass is 10.1. The minimum absolute atomic E-state index is 0.432. The Kier molecular flexibility index (Phi) is 3.10. The van der Waals surface area contributed by atoms with Crippen molar-refractivity contribution in [1.29, 1.82) is 0 Å². The Bertz CT molecular complexity index is 740. The Morgan fingerprint density at radius 2 is 1.79 bits per heavy atom. The second-order valence-corrected chi connectivity index (χ2v) is 4.77. The Labute approximate surface area is 116 Å². The maximum Gasteiger partial charge on any atom is 0.134 e.